The van der Waals surface area contributed by atoms with Crippen molar-refractivity contribution < 1.29 is 21.9 Å². The van der Waals surface area contributed by atoms with Crippen LogP contribution in [0.4, 0.5) is 8.96 Å². The van der Waals surface area contributed by atoms with Crippen molar-refractivity contribution in [3.63, 3.8) is 0 Å². The van der Waals surface area contributed by atoms with Crippen LogP contribution in [-0.2, 0) is 10.3 Å². The molecule has 0 radical (unpaired) electrons. The molecule has 0 saturated heterocycles. The fraction of sp³-hybridized carbons (Fsp3) is 0. The Balaban J connectivity index is 3.75. The lowest BCUT2D eigenvalue weighted by molar-refractivity contribution is -0.176. The molecule has 0 amide bonds. The first-order valence-corrected chi connectivity index (χ1v) is 2.72. The van der Waals surface area contributed by atoms with Gasteiger partial charge in [-0.2, -0.15) is 8.42 Å². The fourth-order valence-electron chi connectivity index (χ4n) is 0.0872. The molecule has 0 aliphatic rings. The van der Waals surface area contributed by atoms with Gasteiger partial charge in [0.2, 0.25) is 0 Å². The van der Waals surface area contributed by atoms with Gasteiger partial charge in [0.05, 0.1) is 0 Å². The van der Waals surface area contributed by atoms with Crippen LogP contribution in [0, 0.1) is 0 Å². The lowest BCUT2D eigenvalue weighted by Crippen LogP contribution is -2.29. The Morgan fingerprint density at radius 3 is 1.88 bits per heavy atom. The molecule has 5 nitrogen and oxygen atoms in total. The maximum absolute atomic E-state index is 10.7. The number of halogens is 2. The first-order valence-electron chi connectivity index (χ1n) is 1.28. The summed E-state index contributed by atoms with van der Waals surface area (Å²) in [7, 11) is -4.80. The van der Waals surface area contributed by atoms with Crippen LogP contribution in [0.1, 0.15) is 0 Å². The molecule has 0 rings (SSSR count). The van der Waals surface area contributed by atoms with E-state index in [0.29, 0.717) is 4.83 Å². The lowest BCUT2D eigenvalue weighted by Gasteiger charge is -1.95. The van der Waals surface area contributed by atoms with Crippen molar-refractivity contribution >= 4 is 10.3 Å². The molecular formula is H2F2N2O3S. The van der Waals surface area contributed by atoms with Gasteiger partial charge in [0, 0.05) is 0 Å². The zero-order valence-electron chi connectivity index (χ0n) is 3.38. The molecule has 8 heavy (non-hydrogen) atoms. The highest BCUT2D eigenvalue weighted by Gasteiger charge is 2.08. The Labute approximate surface area is 43.6 Å². The molecule has 0 unspecified atom stereocenters. The van der Waals surface area contributed by atoms with E-state index in [1.807, 2.05) is 0 Å². The second-order valence-corrected chi connectivity index (χ2v) is 1.93. The highest BCUT2D eigenvalue weighted by molar-refractivity contribution is 7.83. The van der Waals surface area contributed by atoms with E-state index in [-0.39, 0.29) is 0 Å². The monoisotopic (exact) mass is 148 g/mol. The second kappa shape index (κ2) is 2.31. The highest BCUT2D eigenvalue weighted by Crippen LogP contribution is 1.83. The van der Waals surface area contributed by atoms with Crippen LogP contribution in [0.5, 0.6) is 0 Å². The van der Waals surface area contributed by atoms with Crippen LogP contribution in [0.15, 0.2) is 0 Å². The zero-order valence-corrected chi connectivity index (χ0v) is 4.19. The Bertz CT molecular complexity index is 149. The van der Waals surface area contributed by atoms with Crippen molar-refractivity contribution in [2.75, 3.05) is 0 Å². The molecule has 0 aromatic heterocycles. The van der Waals surface area contributed by atoms with Gasteiger partial charge in [0.1, 0.15) is 5.45 Å². The Morgan fingerprint density at radius 2 is 1.88 bits per heavy atom. The van der Waals surface area contributed by atoms with Crippen molar-refractivity contribution in [1.82, 2.24) is 10.3 Å². The molecule has 0 saturated carbocycles. The first kappa shape index (κ1) is 7.69. The average Bonchev–Trinajstić information content (AvgIpc) is 1.21. The van der Waals surface area contributed by atoms with E-state index in [4.69, 9.17) is 4.55 Å². The minimum atomic E-state index is -4.80. The van der Waals surface area contributed by atoms with Crippen molar-refractivity contribution in [2.24, 2.45) is 0 Å². The standard InChI is InChI=1S/F2H2N2O3S/c1-4(2)3-8(5,6)7/h3H,(H,5,6,7). The van der Waals surface area contributed by atoms with E-state index in [0.717, 1.165) is 0 Å². The summed E-state index contributed by atoms with van der Waals surface area (Å²) < 4.78 is 47.7. The average molecular weight is 148 g/mol. The molecule has 0 bridgehead atoms. The topological polar surface area (TPSA) is 69.6 Å². The number of hydrogen-bond acceptors (Lipinski definition) is 3. The van der Waals surface area contributed by atoms with E-state index < -0.39 is 15.8 Å². The van der Waals surface area contributed by atoms with Crippen LogP contribution < -0.4 is 4.83 Å². The molecule has 0 atom stereocenters. The summed E-state index contributed by atoms with van der Waals surface area (Å²) in [6.45, 7) is 0. The van der Waals surface area contributed by atoms with Gasteiger partial charge in [-0.3, -0.25) is 4.55 Å². The number of hydrogen-bond donors (Lipinski definition) is 2. The van der Waals surface area contributed by atoms with Gasteiger partial charge in [-0.15, -0.1) is 0 Å². The smallest absolute Gasteiger partial charge is 0.272 e. The summed E-state index contributed by atoms with van der Waals surface area (Å²) in [4.78, 5) is 0.410. The summed E-state index contributed by atoms with van der Waals surface area (Å²) in [6.07, 6.45) is 0. The van der Waals surface area contributed by atoms with E-state index in [1.165, 1.54) is 0 Å². The Hall–Kier alpha value is -0.310. The highest BCUT2D eigenvalue weighted by atomic mass is 32.2. The summed E-state index contributed by atoms with van der Waals surface area (Å²) in [5.74, 6) is 0. The van der Waals surface area contributed by atoms with E-state index in [2.05, 4.69) is 0 Å². The number of nitrogens with one attached hydrogen (secondary N) is 1. The molecule has 0 heterocycles. The van der Waals surface area contributed by atoms with Crippen molar-refractivity contribution in [3.05, 3.63) is 0 Å². The largest absolute Gasteiger partial charge is 0.350 e. The van der Waals surface area contributed by atoms with Gasteiger partial charge in [0.25, 0.3) is 0 Å². The van der Waals surface area contributed by atoms with Crippen LogP contribution in [-0.4, -0.2) is 18.4 Å². The van der Waals surface area contributed by atoms with Gasteiger partial charge >= 0.3 is 10.3 Å². The number of rotatable bonds is 2. The van der Waals surface area contributed by atoms with Gasteiger partial charge in [-0.25, -0.2) is 0 Å². The Kier molecular flexibility index (Phi) is 2.22. The molecule has 0 aromatic rings. The van der Waals surface area contributed by atoms with Gasteiger partial charge < -0.3 is 0 Å². The maximum Gasteiger partial charge on any atom is 0.350 e. The predicted octanol–water partition coefficient (Wildman–Crippen LogP) is -0.635. The fourth-order valence-corrected chi connectivity index (χ4v) is 0.262. The van der Waals surface area contributed by atoms with E-state index in [1.54, 1.807) is 0 Å². The third kappa shape index (κ3) is 5.69. The number of nitrogens with zero attached hydrogens (tertiary/aromatic N) is 1. The van der Waals surface area contributed by atoms with Crippen molar-refractivity contribution in [2.45, 2.75) is 0 Å². The summed E-state index contributed by atoms with van der Waals surface area (Å²) in [5.41, 5.74) is -1.88. The van der Waals surface area contributed by atoms with Crippen LogP contribution in [0.2, 0.25) is 0 Å². The number of hydrazine groups is 1. The van der Waals surface area contributed by atoms with E-state index in [9.17, 15) is 17.4 Å². The zero-order chi connectivity index (χ0) is 6.78. The van der Waals surface area contributed by atoms with Gasteiger partial charge in [0.15, 0.2) is 0 Å². The van der Waals surface area contributed by atoms with E-state index >= 15 is 0 Å². The molecular weight excluding hydrogens is 146 g/mol. The van der Waals surface area contributed by atoms with Crippen molar-refractivity contribution in [3.8, 4) is 0 Å². The van der Waals surface area contributed by atoms with Crippen molar-refractivity contribution in [1.29, 1.82) is 0 Å². The van der Waals surface area contributed by atoms with Crippen LogP contribution in [0.25, 0.3) is 0 Å². The third-order valence-corrected chi connectivity index (χ3v) is 0.553. The molecule has 2 N–H and O–H groups in total. The lowest BCUT2D eigenvalue weighted by atomic mass is 12.8. The van der Waals surface area contributed by atoms with Gasteiger partial charge in [-0.1, -0.05) is 13.8 Å². The third-order valence-electron chi connectivity index (χ3n) is 0.184. The van der Waals surface area contributed by atoms with Gasteiger partial charge in [-0.05, 0) is 0 Å². The second-order valence-electron chi connectivity index (χ2n) is 0.799. The summed E-state index contributed by atoms with van der Waals surface area (Å²) >= 11 is 0. The molecule has 0 fully saturated rings. The molecule has 0 aromatic carbocycles. The van der Waals surface area contributed by atoms with Crippen LogP contribution >= 0.6 is 0 Å². The maximum atomic E-state index is 10.7. The molecule has 0 spiro atoms. The minimum Gasteiger partial charge on any atom is -0.272 e. The summed E-state index contributed by atoms with van der Waals surface area (Å²) in [5, 5.41) is 0. The Morgan fingerprint density at radius 1 is 1.50 bits per heavy atom. The first-order chi connectivity index (χ1) is 3.42. The van der Waals surface area contributed by atoms with Crippen LogP contribution in [0.3, 0.4) is 0 Å². The molecule has 8 heteroatoms. The predicted molar refractivity (Wildman–Crippen MR) is 18.7 cm³/mol. The quantitative estimate of drug-likeness (QED) is 0.310. The molecule has 50 valence electrons. The molecule has 0 aliphatic heterocycles. The normalized spacial score (nSPS) is 12.5. The SMILES string of the molecule is O=S(=O)(O)NN(F)F. The molecule has 0 aliphatic carbocycles. The minimum absolute atomic E-state index is 0.410. The summed E-state index contributed by atoms with van der Waals surface area (Å²) in [6, 6.07) is 0.